The van der Waals surface area contributed by atoms with Gasteiger partial charge in [-0.05, 0) is 49.9 Å². The highest BCUT2D eigenvalue weighted by atomic mass is 32.2. The zero-order chi connectivity index (χ0) is 27.4. The van der Waals surface area contributed by atoms with Crippen LogP contribution >= 0.6 is 0 Å². The molecule has 0 fully saturated rings. The molecule has 2 atom stereocenters. The normalized spacial score (nSPS) is 13.9. The predicted octanol–water partition coefficient (Wildman–Crippen LogP) is 3.67. The third kappa shape index (κ3) is 10.4. The molecule has 0 aromatic heterocycles. The molecule has 0 aliphatic carbocycles. The SMILES string of the molecule is C/C=C(\N=C(/C)CC)C(Cc1ccc(NS(=O)(=O)O)cc1)NC(=O)C(Cc1ccccc1)NC(=O)OC. The summed E-state index contributed by atoms with van der Waals surface area (Å²) in [4.78, 5) is 30.1. The van der Waals surface area contributed by atoms with Crippen molar-refractivity contribution in [3.05, 3.63) is 77.5 Å². The number of rotatable bonds is 12. The van der Waals surface area contributed by atoms with Gasteiger partial charge in [0, 0.05) is 12.1 Å². The number of aliphatic imine (C=N–C) groups is 1. The molecule has 2 unspecified atom stereocenters. The smallest absolute Gasteiger partial charge is 0.407 e. The number of hydrogen-bond donors (Lipinski definition) is 4. The van der Waals surface area contributed by atoms with Crippen molar-refractivity contribution in [2.75, 3.05) is 11.8 Å². The van der Waals surface area contributed by atoms with Gasteiger partial charge in [-0.1, -0.05) is 55.5 Å². The lowest BCUT2D eigenvalue weighted by atomic mass is 10.0. The molecule has 0 saturated carbocycles. The van der Waals surface area contributed by atoms with E-state index in [0.717, 1.165) is 23.3 Å². The van der Waals surface area contributed by atoms with Gasteiger partial charge >= 0.3 is 16.4 Å². The number of allylic oxidation sites excluding steroid dienone is 1. The average Bonchev–Trinajstić information content (AvgIpc) is 2.87. The van der Waals surface area contributed by atoms with Crippen molar-refractivity contribution in [2.45, 2.75) is 52.1 Å². The Bertz CT molecular complexity index is 1210. The lowest BCUT2D eigenvalue weighted by molar-refractivity contribution is -0.123. The Labute approximate surface area is 218 Å². The molecule has 11 heteroatoms. The van der Waals surface area contributed by atoms with Crippen LogP contribution in [0.15, 0.2) is 71.4 Å². The van der Waals surface area contributed by atoms with Crippen molar-refractivity contribution in [3.63, 3.8) is 0 Å². The fourth-order valence-electron chi connectivity index (χ4n) is 3.50. The molecule has 2 amide bonds. The first-order valence-corrected chi connectivity index (χ1v) is 13.2. The Morgan fingerprint density at radius 3 is 2.14 bits per heavy atom. The highest BCUT2D eigenvalue weighted by molar-refractivity contribution is 7.87. The van der Waals surface area contributed by atoms with Crippen LogP contribution < -0.4 is 15.4 Å². The van der Waals surface area contributed by atoms with Gasteiger partial charge in [-0.15, -0.1) is 0 Å². The van der Waals surface area contributed by atoms with E-state index in [-0.39, 0.29) is 12.1 Å². The number of nitrogens with one attached hydrogen (secondary N) is 3. The van der Waals surface area contributed by atoms with Gasteiger partial charge in [0.2, 0.25) is 5.91 Å². The predicted molar refractivity (Wildman–Crippen MR) is 144 cm³/mol. The maximum absolute atomic E-state index is 13.4. The minimum Gasteiger partial charge on any atom is -0.453 e. The number of amides is 2. The molecule has 2 rings (SSSR count). The van der Waals surface area contributed by atoms with E-state index in [9.17, 15) is 18.0 Å². The van der Waals surface area contributed by atoms with Crippen LogP contribution in [0.2, 0.25) is 0 Å². The van der Waals surface area contributed by atoms with E-state index in [1.807, 2.05) is 61.9 Å². The first kappa shape index (κ1) is 29.5. The van der Waals surface area contributed by atoms with Gasteiger partial charge in [0.25, 0.3) is 0 Å². The lowest BCUT2D eigenvalue weighted by Gasteiger charge is -2.24. The van der Waals surface area contributed by atoms with E-state index in [1.165, 1.54) is 19.2 Å². The van der Waals surface area contributed by atoms with Crippen LogP contribution in [0.4, 0.5) is 10.5 Å². The molecule has 4 N–H and O–H groups in total. The maximum atomic E-state index is 13.4. The van der Waals surface area contributed by atoms with Crippen LogP contribution in [0.25, 0.3) is 0 Å². The van der Waals surface area contributed by atoms with Crippen LogP contribution in [0.5, 0.6) is 0 Å². The number of nitrogens with zero attached hydrogens (tertiary/aromatic N) is 1. The first-order chi connectivity index (χ1) is 17.5. The van der Waals surface area contributed by atoms with Crippen molar-refractivity contribution in [3.8, 4) is 0 Å². The van der Waals surface area contributed by atoms with E-state index < -0.39 is 34.4 Å². The van der Waals surface area contributed by atoms with Gasteiger partial charge < -0.3 is 15.4 Å². The summed E-state index contributed by atoms with van der Waals surface area (Å²) in [7, 11) is -3.16. The van der Waals surface area contributed by atoms with Crippen LogP contribution in [0, 0.1) is 0 Å². The number of alkyl carbamates (subject to hydrolysis) is 1. The van der Waals surface area contributed by atoms with Gasteiger partial charge in [-0.2, -0.15) is 8.42 Å². The average molecular weight is 531 g/mol. The maximum Gasteiger partial charge on any atom is 0.407 e. The Morgan fingerprint density at radius 1 is 1.00 bits per heavy atom. The summed E-state index contributed by atoms with van der Waals surface area (Å²) in [5.41, 5.74) is 3.38. The molecule has 0 heterocycles. The monoisotopic (exact) mass is 530 g/mol. The van der Waals surface area contributed by atoms with Gasteiger partial charge in [0.05, 0.1) is 24.5 Å². The Balaban J connectivity index is 2.33. The summed E-state index contributed by atoms with van der Waals surface area (Å²) in [6, 6.07) is 14.3. The lowest BCUT2D eigenvalue weighted by Crippen LogP contribution is -2.51. The molecule has 0 aliphatic rings. The first-order valence-electron chi connectivity index (χ1n) is 11.8. The summed E-state index contributed by atoms with van der Waals surface area (Å²) in [5.74, 6) is -0.410. The van der Waals surface area contributed by atoms with Crippen LogP contribution in [0.1, 0.15) is 38.3 Å². The zero-order valence-electron chi connectivity index (χ0n) is 21.4. The van der Waals surface area contributed by atoms with E-state index in [0.29, 0.717) is 12.1 Å². The quantitative estimate of drug-likeness (QED) is 0.243. The van der Waals surface area contributed by atoms with Gasteiger partial charge in [-0.25, -0.2) is 4.79 Å². The molecule has 37 heavy (non-hydrogen) atoms. The summed E-state index contributed by atoms with van der Waals surface area (Å²) < 4.78 is 37.9. The van der Waals surface area contributed by atoms with E-state index in [1.54, 1.807) is 12.1 Å². The minimum atomic E-state index is -4.39. The molecule has 200 valence electrons. The van der Waals surface area contributed by atoms with E-state index >= 15 is 0 Å². The summed E-state index contributed by atoms with van der Waals surface area (Å²) in [5, 5.41) is 5.62. The highest BCUT2D eigenvalue weighted by Crippen LogP contribution is 2.17. The van der Waals surface area contributed by atoms with Gasteiger partial charge in [0.15, 0.2) is 0 Å². The van der Waals surface area contributed by atoms with Crippen molar-refractivity contribution < 1.29 is 27.3 Å². The summed E-state index contributed by atoms with van der Waals surface area (Å²) in [6.45, 7) is 5.71. The zero-order valence-corrected chi connectivity index (χ0v) is 22.2. The molecule has 10 nitrogen and oxygen atoms in total. The van der Waals surface area contributed by atoms with Crippen LogP contribution in [0.3, 0.4) is 0 Å². The molecule has 0 saturated heterocycles. The third-order valence-corrected chi connectivity index (χ3v) is 6.01. The number of ether oxygens (including phenoxy) is 1. The van der Waals surface area contributed by atoms with Crippen molar-refractivity contribution in [1.29, 1.82) is 0 Å². The molecule has 0 radical (unpaired) electrons. The molecule has 2 aromatic rings. The number of carbonyl (C=O) groups excluding carboxylic acids is 2. The number of benzene rings is 2. The van der Waals surface area contributed by atoms with Crippen molar-refractivity contribution in [2.24, 2.45) is 4.99 Å². The molecule has 0 bridgehead atoms. The van der Waals surface area contributed by atoms with Crippen LogP contribution in [-0.4, -0.2) is 49.9 Å². The van der Waals surface area contributed by atoms with Gasteiger partial charge in [0.1, 0.15) is 6.04 Å². The Hall–Kier alpha value is -3.70. The number of methoxy groups -OCH3 is 1. The minimum absolute atomic E-state index is 0.197. The Kier molecular flexibility index (Phi) is 11.3. The third-order valence-electron chi connectivity index (χ3n) is 5.52. The molecular formula is C26H34N4O6S. The van der Waals surface area contributed by atoms with Crippen LogP contribution in [-0.2, 0) is 32.7 Å². The van der Waals surface area contributed by atoms with Gasteiger partial charge in [-0.3, -0.25) is 19.1 Å². The second-order valence-corrected chi connectivity index (χ2v) is 9.49. The van der Waals surface area contributed by atoms with E-state index in [2.05, 4.69) is 15.6 Å². The summed E-state index contributed by atoms with van der Waals surface area (Å²) >= 11 is 0. The second kappa shape index (κ2) is 14.1. The van der Waals surface area contributed by atoms with Crippen molar-refractivity contribution >= 4 is 33.7 Å². The number of anilines is 1. The molecule has 0 spiro atoms. The van der Waals surface area contributed by atoms with Crippen molar-refractivity contribution in [1.82, 2.24) is 10.6 Å². The topological polar surface area (TPSA) is 146 Å². The largest absolute Gasteiger partial charge is 0.453 e. The fraction of sp³-hybridized carbons (Fsp3) is 0.346. The standard InChI is InChI=1S/C26H34N4O6S/c1-5-18(3)27-22(6-2)23(16-20-12-14-21(15-13-20)30-37(33,34)35)28-25(31)24(29-26(32)36-4)17-19-10-8-7-9-11-19/h6-15,23-24,30H,5,16-17H2,1-4H3,(H,28,31)(H,29,32)(H,33,34,35)/b22-6-,27-18+. The second-order valence-electron chi connectivity index (χ2n) is 8.33. The summed E-state index contributed by atoms with van der Waals surface area (Å²) in [6.07, 6.45) is 2.43. The molecular weight excluding hydrogens is 496 g/mol. The number of carbonyl (C=O) groups is 2. The van der Waals surface area contributed by atoms with E-state index in [4.69, 9.17) is 9.29 Å². The number of hydrogen-bond acceptors (Lipinski definition) is 6. The molecule has 2 aromatic carbocycles. The Morgan fingerprint density at radius 2 is 1.59 bits per heavy atom. The molecule has 0 aliphatic heterocycles. The fourth-order valence-corrected chi connectivity index (χ4v) is 3.93. The highest BCUT2D eigenvalue weighted by Gasteiger charge is 2.26.